The van der Waals surface area contributed by atoms with Crippen LogP contribution in [0.4, 0.5) is 5.69 Å². The van der Waals surface area contributed by atoms with Crippen molar-refractivity contribution in [3.8, 4) is 6.07 Å². The molecule has 2 aromatic carbocycles. The van der Waals surface area contributed by atoms with Crippen LogP contribution in [-0.2, 0) is 6.42 Å². The molecule has 0 bridgehead atoms. The fourth-order valence-corrected chi connectivity index (χ4v) is 3.77. The van der Waals surface area contributed by atoms with Crippen molar-refractivity contribution in [2.75, 3.05) is 18.9 Å². The zero-order valence-electron chi connectivity index (χ0n) is 17.4. The van der Waals surface area contributed by atoms with Crippen molar-refractivity contribution >= 4 is 23.2 Å². The Morgan fingerprint density at radius 1 is 1.33 bits per heavy atom. The molecule has 1 aliphatic rings. The van der Waals surface area contributed by atoms with E-state index in [-0.39, 0.29) is 6.04 Å². The Morgan fingerprint density at radius 3 is 2.87 bits per heavy atom. The molecular formula is C24H28N6. The zero-order valence-corrected chi connectivity index (χ0v) is 17.4. The van der Waals surface area contributed by atoms with E-state index in [2.05, 4.69) is 33.8 Å². The van der Waals surface area contributed by atoms with Gasteiger partial charge in [-0.3, -0.25) is 4.99 Å². The Bertz CT molecular complexity index is 1040. The fourth-order valence-electron chi connectivity index (χ4n) is 3.77. The second-order valence-corrected chi connectivity index (χ2v) is 7.32. The lowest BCUT2D eigenvalue weighted by Gasteiger charge is -2.22. The van der Waals surface area contributed by atoms with Crippen molar-refractivity contribution in [1.82, 2.24) is 5.32 Å². The third-order valence-corrected chi connectivity index (χ3v) is 5.16. The van der Waals surface area contributed by atoms with E-state index in [1.165, 1.54) is 0 Å². The summed E-state index contributed by atoms with van der Waals surface area (Å²) in [6.45, 7) is 2.70. The first-order valence-corrected chi connectivity index (χ1v) is 9.98. The van der Waals surface area contributed by atoms with Gasteiger partial charge >= 0.3 is 0 Å². The van der Waals surface area contributed by atoms with E-state index in [0.717, 1.165) is 57.9 Å². The van der Waals surface area contributed by atoms with Gasteiger partial charge in [0, 0.05) is 48.5 Å². The molecule has 30 heavy (non-hydrogen) atoms. The number of nitrogens with two attached hydrogens (primary N) is 2. The summed E-state index contributed by atoms with van der Waals surface area (Å²) >= 11 is 0. The standard InChI is InChI=1S/C24H28N6/c1-16(27)24-21-7-6-18(19(14-26)15-28-2)13-22(21)23(9-11-29-24)30-20-5-3-4-17(12-20)8-10-25/h3-7,12-15,23,29-30H,8-9,11,26-27H2,1-2H3/b19-14?,24-16-,28-15?. The highest BCUT2D eigenvalue weighted by Crippen LogP contribution is 2.34. The van der Waals surface area contributed by atoms with Crippen molar-refractivity contribution in [2.24, 2.45) is 16.5 Å². The molecule has 0 spiro atoms. The summed E-state index contributed by atoms with van der Waals surface area (Å²) in [5, 5.41) is 16.1. The number of fused-ring (bicyclic) bond motifs is 1. The van der Waals surface area contributed by atoms with Crippen LogP contribution in [0.15, 0.2) is 59.4 Å². The summed E-state index contributed by atoms with van der Waals surface area (Å²) in [5.74, 6) is 0. The maximum atomic E-state index is 9.01. The lowest BCUT2D eigenvalue weighted by Crippen LogP contribution is -2.16. The summed E-state index contributed by atoms with van der Waals surface area (Å²) in [6, 6.07) is 16.6. The Kier molecular flexibility index (Phi) is 6.76. The second-order valence-electron chi connectivity index (χ2n) is 7.32. The molecule has 0 aliphatic carbocycles. The SMILES string of the molecule is CN=CC(=CN)c1ccc2c(c1)C(Nc1cccc(CC#N)c1)CCN/C2=C(/C)N. The van der Waals surface area contributed by atoms with Crippen molar-refractivity contribution in [3.63, 3.8) is 0 Å². The molecule has 1 aliphatic heterocycles. The number of nitrogens with zero attached hydrogens (tertiary/aromatic N) is 2. The minimum atomic E-state index is 0.0687. The largest absolute Gasteiger partial charge is 0.404 e. The average Bonchev–Trinajstić information content (AvgIpc) is 2.92. The lowest BCUT2D eigenvalue weighted by molar-refractivity contribution is 0.682. The van der Waals surface area contributed by atoms with Crippen LogP contribution in [0.2, 0.25) is 0 Å². The molecule has 6 heteroatoms. The van der Waals surface area contributed by atoms with Gasteiger partial charge in [-0.2, -0.15) is 5.26 Å². The average molecular weight is 401 g/mol. The van der Waals surface area contributed by atoms with Crippen LogP contribution >= 0.6 is 0 Å². The molecule has 0 saturated heterocycles. The van der Waals surface area contributed by atoms with Crippen LogP contribution < -0.4 is 22.1 Å². The first-order chi connectivity index (χ1) is 14.6. The number of anilines is 1. The third kappa shape index (κ3) is 4.64. The van der Waals surface area contributed by atoms with Crippen LogP contribution in [0.1, 0.15) is 41.6 Å². The van der Waals surface area contributed by atoms with E-state index >= 15 is 0 Å². The van der Waals surface area contributed by atoms with Gasteiger partial charge < -0.3 is 22.1 Å². The van der Waals surface area contributed by atoms with Gasteiger partial charge in [0.1, 0.15) is 0 Å². The number of hydrogen-bond acceptors (Lipinski definition) is 6. The first kappa shape index (κ1) is 21.0. The molecule has 0 radical (unpaired) electrons. The normalized spacial score (nSPS) is 18.2. The van der Waals surface area contributed by atoms with Gasteiger partial charge in [0.2, 0.25) is 0 Å². The van der Waals surface area contributed by atoms with Gasteiger partial charge in [0.25, 0.3) is 0 Å². The number of aliphatic imine (C=N–C) groups is 1. The predicted octanol–water partition coefficient (Wildman–Crippen LogP) is 3.55. The molecule has 6 N–H and O–H groups in total. The minimum absolute atomic E-state index is 0.0687. The van der Waals surface area contributed by atoms with E-state index in [0.29, 0.717) is 6.42 Å². The highest BCUT2D eigenvalue weighted by molar-refractivity contribution is 6.09. The number of benzene rings is 2. The Morgan fingerprint density at radius 2 is 2.17 bits per heavy atom. The van der Waals surface area contributed by atoms with Gasteiger partial charge in [0.05, 0.1) is 24.2 Å². The van der Waals surface area contributed by atoms with Crippen molar-refractivity contribution in [1.29, 1.82) is 5.26 Å². The molecule has 154 valence electrons. The molecule has 1 heterocycles. The van der Waals surface area contributed by atoms with Gasteiger partial charge in [-0.1, -0.05) is 24.3 Å². The summed E-state index contributed by atoms with van der Waals surface area (Å²) in [4.78, 5) is 4.11. The van der Waals surface area contributed by atoms with Crippen LogP contribution in [-0.4, -0.2) is 19.8 Å². The van der Waals surface area contributed by atoms with Crippen LogP contribution in [0.5, 0.6) is 0 Å². The summed E-state index contributed by atoms with van der Waals surface area (Å²) in [6.07, 6.45) is 4.60. The number of rotatable bonds is 5. The number of nitriles is 1. The van der Waals surface area contributed by atoms with E-state index in [1.807, 2.05) is 37.3 Å². The monoisotopic (exact) mass is 400 g/mol. The second kappa shape index (κ2) is 9.66. The summed E-state index contributed by atoms with van der Waals surface area (Å²) in [5.41, 5.74) is 19.8. The van der Waals surface area contributed by atoms with Crippen molar-refractivity contribution < 1.29 is 0 Å². The van der Waals surface area contributed by atoms with Crippen LogP contribution in [0.25, 0.3) is 11.3 Å². The molecule has 0 aromatic heterocycles. The van der Waals surface area contributed by atoms with Crippen LogP contribution in [0, 0.1) is 11.3 Å². The molecule has 0 saturated carbocycles. The number of allylic oxidation sites excluding steroid dienone is 2. The van der Waals surface area contributed by atoms with E-state index in [9.17, 15) is 0 Å². The topological polar surface area (TPSA) is 112 Å². The highest BCUT2D eigenvalue weighted by atomic mass is 15.0. The van der Waals surface area contributed by atoms with Crippen LogP contribution in [0.3, 0.4) is 0 Å². The maximum Gasteiger partial charge on any atom is 0.0669 e. The van der Waals surface area contributed by atoms with Gasteiger partial charge in [-0.05, 0) is 48.2 Å². The summed E-state index contributed by atoms with van der Waals surface area (Å²) in [7, 11) is 1.73. The molecule has 0 fully saturated rings. The van der Waals surface area contributed by atoms with E-state index in [4.69, 9.17) is 16.7 Å². The maximum absolute atomic E-state index is 9.01. The van der Waals surface area contributed by atoms with Gasteiger partial charge in [-0.15, -0.1) is 0 Å². The van der Waals surface area contributed by atoms with E-state index < -0.39 is 0 Å². The lowest BCUT2D eigenvalue weighted by atomic mass is 9.92. The minimum Gasteiger partial charge on any atom is -0.404 e. The molecule has 1 atom stereocenters. The van der Waals surface area contributed by atoms with Crippen molar-refractivity contribution in [2.45, 2.75) is 25.8 Å². The van der Waals surface area contributed by atoms with Crippen molar-refractivity contribution in [3.05, 3.63) is 76.6 Å². The highest BCUT2D eigenvalue weighted by Gasteiger charge is 2.23. The van der Waals surface area contributed by atoms with Gasteiger partial charge in [0.15, 0.2) is 0 Å². The molecule has 1 unspecified atom stereocenters. The molecular weight excluding hydrogens is 372 g/mol. The molecule has 0 amide bonds. The quantitative estimate of drug-likeness (QED) is 0.574. The van der Waals surface area contributed by atoms with E-state index in [1.54, 1.807) is 19.5 Å². The van der Waals surface area contributed by atoms with Gasteiger partial charge in [-0.25, -0.2) is 0 Å². The number of nitrogens with one attached hydrogen (secondary N) is 2. The predicted molar refractivity (Wildman–Crippen MR) is 125 cm³/mol. The smallest absolute Gasteiger partial charge is 0.0669 e. The zero-order chi connectivity index (χ0) is 21.5. The molecule has 6 nitrogen and oxygen atoms in total. The molecule has 2 aromatic rings. The Labute approximate surface area is 178 Å². The third-order valence-electron chi connectivity index (χ3n) is 5.16. The first-order valence-electron chi connectivity index (χ1n) is 9.98. The Hall–Kier alpha value is -3.72. The Balaban J connectivity index is 2.07. The fraction of sp³-hybridized carbons (Fsp3) is 0.250. The summed E-state index contributed by atoms with van der Waals surface area (Å²) < 4.78 is 0. The number of hydrogen-bond donors (Lipinski definition) is 4. The molecule has 3 rings (SSSR count).